The molecule has 1 atom stereocenters. The lowest BCUT2D eigenvalue weighted by molar-refractivity contribution is 0.528. The Hall–Kier alpha value is -0.540. The molecule has 0 aliphatic rings. The lowest BCUT2D eigenvalue weighted by atomic mass is 9.99. The first kappa shape index (κ1) is 16.8. The molecule has 1 nitrogen and oxygen atoms in total. The highest BCUT2D eigenvalue weighted by Crippen LogP contribution is 2.30. The molecule has 1 aromatic carbocycles. The second-order valence-electron chi connectivity index (χ2n) is 5.33. The first-order valence-corrected chi connectivity index (χ1v) is 8.82. The molecule has 0 bridgehead atoms. The number of hydrogen-bond donors (Lipinski definition) is 1. The van der Waals surface area contributed by atoms with Crippen LogP contribution in [0.2, 0.25) is 10.0 Å². The predicted octanol–water partition coefficient (Wildman–Crippen LogP) is 5.96. The number of rotatable bonds is 6. The van der Waals surface area contributed by atoms with Gasteiger partial charge in [0.05, 0.1) is 10.0 Å². The molecule has 0 saturated heterocycles. The van der Waals surface area contributed by atoms with Crippen LogP contribution in [-0.4, -0.2) is 6.54 Å². The topological polar surface area (TPSA) is 12.0 Å². The van der Waals surface area contributed by atoms with Gasteiger partial charge in [0.15, 0.2) is 0 Å². The molecule has 2 aromatic rings. The Balaban J connectivity index is 2.23. The molecule has 114 valence electrons. The van der Waals surface area contributed by atoms with E-state index in [1.165, 1.54) is 20.9 Å². The molecule has 21 heavy (non-hydrogen) atoms. The van der Waals surface area contributed by atoms with E-state index in [0.717, 1.165) is 19.4 Å². The SMILES string of the molecule is CCCNC(Cc1ccc(Cl)c(Cl)c1)c1cc(C)sc1C. The number of benzene rings is 1. The predicted molar refractivity (Wildman–Crippen MR) is 95.0 cm³/mol. The Labute approximate surface area is 141 Å². The fourth-order valence-corrected chi connectivity index (χ4v) is 3.82. The maximum atomic E-state index is 6.13. The van der Waals surface area contributed by atoms with Crippen molar-refractivity contribution in [2.45, 2.75) is 39.7 Å². The average molecular weight is 342 g/mol. The van der Waals surface area contributed by atoms with Gasteiger partial charge in [-0.3, -0.25) is 0 Å². The Bertz CT molecular complexity index is 607. The summed E-state index contributed by atoms with van der Waals surface area (Å²) in [5, 5.41) is 4.89. The minimum absolute atomic E-state index is 0.326. The third-order valence-corrected chi connectivity index (χ3v) is 5.24. The van der Waals surface area contributed by atoms with Gasteiger partial charge in [-0.2, -0.15) is 0 Å². The lowest BCUT2D eigenvalue weighted by Crippen LogP contribution is -2.24. The van der Waals surface area contributed by atoms with Gasteiger partial charge in [-0.25, -0.2) is 0 Å². The van der Waals surface area contributed by atoms with Crippen LogP contribution >= 0.6 is 34.5 Å². The highest BCUT2D eigenvalue weighted by molar-refractivity contribution is 7.12. The fraction of sp³-hybridized carbons (Fsp3) is 0.412. The molecule has 1 N–H and O–H groups in total. The summed E-state index contributed by atoms with van der Waals surface area (Å²) in [5.74, 6) is 0. The van der Waals surface area contributed by atoms with E-state index in [9.17, 15) is 0 Å². The van der Waals surface area contributed by atoms with Gasteiger partial charge in [-0.1, -0.05) is 36.2 Å². The zero-order valence-corrected chi connectivity index (χ0v) is 15.0. The summed E-state index contributed by atoms with van der Waals surface area (Å²) in [6.07, 6.45) is 2.05. The zero-order chi connectivity index (χ0) is 15.4. The minimum Gasteiger partial charge on any atom is -0.310 e. The van der Waals surface area contributed by atoms with Crippen molar-refractivity contribution >= 4 is 34.5 Å². The summed E-state index contributed by atoms with van der Waals surface area (Å²) >= 11 is 14.0. The van der Waals surface area contributed by atoms with E-state index in [4.69, 9.17) is 23.2 Å². The summed E-state index contributed by atoms with van der Waals surface area (Å²) < 4.78 is 0. The van der Waals surface area contributed by atoms with Crippen molar-refractivity contribution in [3.05, 3.63) is 55.2 Å². The largest absolute Gasteiger partial charge is 0.310 e. The van der Waals surface area contributed by atoms with Gasteiger partial charge in [0.1, 0.15) is 0 Å². The fourth-order valence-electron chi connectivity index (χ4n) is 2.51. The third-order valence-electron chi connectivity index (χ3n) is 3.52. The van der Waals surface area contributed by atoms with E-state index in [0.29, 0.717) is 16.1 Å². The molecule has 0 spiro atoms. The molecule has 2 rings (SSSR count). The highest BCUT2D eigenvalue weighted by atomic mass is 35.5. The number of nitrogens with one attached hydrogen (secondary N) is 1. The molecule has 1 aromatic heterocycles. The van der Waals surface area contributed by atoms with Crippen molar-refractivity contribution in [3.63, 3.8) is 0 Å². The maximum Gasteiger partial charge on any atom is 0.0595 e. The maximum absolute atomic E-state index is 6.13. The zero-order valence-electron chi connectivity index (χ0n) is 12.7. The Kier molecular flexibility index (Phi) is 6.12. The average Bonchev–Trinajstić information content (AvgIpc) is 2.77. The first-order chi connectivity index (χ1) is 10.0. The van der Waals surface area contributed by atoms with Crippen LogP contribution in [0.25, 0.3) is 0 Å². The Morgan fingerprint density at radius 1 is 1.14 bits per heavy atom. The molecule has 0 saturated carbocycles. The van der Waals surface area contributed by atoms with Gasteiger partial charge >= 0.3 is 0 Å². The van der Waals surface area contributed by atoms with E-state index in [-0.39, 0.29) is 0 Å². The minimum atomic E-state index is 0.326. The quantitative estimate of drug-likeness (QED) is 0.683. The number of halogens is 2. The molecule has 0 fully saturated rings. The van der Waals surface area contributed by atoms with Crippen molar-refractivity contribution in [1.82, 2.24) is 5.32 Å². The Morgan fingerprint density at radius 2 is 1.90 bits per heavy atom. The molecule has 0 amide bonds. The van der Waals surface area contributed by atoms with Gasteiger partial charge in [-0.05, 0) is 62.6 Å². The van der Waals surface area contributed by atoms with Gasteiger partial charge in [-0.15, -0.1) is 11.3 Å². The van der Waals surface area contributed by atoms with Crippen LogP contribution in [0.15, 0.2) is 24.3 Å². The van der Waals surface area contributed by atoms with Crippen LogP contribution in [0.3, 0.4) is 0 Å². The molecule has 0 radical (unpaired) electrons. The molecule has 0 aliphatic heterocycles. The summed E-state index contributed by atoms with van der Waals surface area (Å²) in [7, 11) is 0. The third kappa shape index (κ3) is 4.46. The standard InChI is InChI=1S/C17H21Cl2NS/c1-4-7-20-17(14-8-11(2)21-12(14)3)10-13-5-6-15(18)16(19)9-13/h5-6,8-9,17,20H,4,7,10H2,1-3H3. The van der Waals surface area contributed by atoms with Gasteiger partial charge in [0, 0.05) is 15.8 Å². The van der Waals surface area contributed by atoms with Crippen LogP contribution in [-0.2, 0) is 6.42 Å². The summed E-state index contributed by atoms with van der Waals surface area (Å²) in [4.78, 5) is 2.75. The highest BCUT2D eigenvalue weighted by Gasteiger charge is 2.16. The van der Waals surface area contributed by atoms with Crippen molar-refractivity contribution in [3.8, 4) is 0 Å². The summed E-state index contributed by atoms with van der Waals surface area (Å²) in [6, 6.07) is 8.53. The summed E-state index contributed by atoms with van der Waals surface area (Å²) in [6.45, 7) is 7.56. The van der Waals surface area contributed by atoms with Crippen LogP contribution in [0.1, 0.15) is 40.3 Å². The van der Waals surface area contributed by atoms with Crippen molar-refractivity contribution in [2.24, 2.45) is 0 Å². The van der Waals surface area contributed by atoms with E-state index in [2.05, 4.69) is 38.2 Å². The van der Waals surface area contributed by atoms with E-state index < -0.39 is 0 Å². The summed E-state index contributed by atoms with van der Waals surface area (Å²) in [5.41, 5.74) is 2.61. The van der Waals surface area contributed by atoms with E-state index in [1.54, 1.807) is 0 Å². The molecule has 0 aliphatic carbocycles. The second-order valence-corrected chi connectivity index (χ2v) is 7.60. The normalized spacial score (nSPS) is 12.6. The van der Waals surface area contributed by atoms with Gasteiger partial charge in [0.2, 0.25) is 0 Å². The molecule has 1 unspecified atom stereocenters. The first-order valence-electron chi connectivity index (χ1n) is 7.25. The molecule has 4 heteroatoms. The van der Waals surface area contributed by atoms with E-state index in [1.807, 2.05) is 23.5 Å². The van der Waals surface area contributed by atoms with Crippen LogP contribution < -0.4 is 5.32 Å². The lowest BCUT2D eigenvalue weighted by Gasteiger charge is -2.19. The van der Waals surface area contributed by atoms with Crippen molar-refractivity contribution in [1.29, 1.82) is 0 Å². The smallest absolute Gasteiger partial charge is 0.0595 e. The second kappa shape index (κ2) is 7.64. The van der Waals surface area contributed by atoms with Gasteiger partial charge < -0.3 is 5.32 Å². The van der Waals surface area contributed by atoms with Crippen LogP contribution in [0.4, 0.5) is 0 Å². The number of aryl methyl sites for hydroxylation is 2. The number of hydrogen-bond acceptors (Lipinski definition) is 2. The molecular formula is C17H21Cl2NS. The molecule has 1 heterocycles. The van der Waals surface area contributed by atoms with Crippen LogP contribution in [0.5, 0.6) is 0 Å². The van der Waals surface area contributed by atoms with E-state index >= 15 is 0 Å². The van der Waals surface area contributed by atoms with Crippen molar-refractivity contribution in [2.75, 3.05) is 6.54 Å². The monoisotopic (exact) mass is 341 g/mol. The van der Waals surface area contributed by atoms with Crippen molar-refractivity contribution < 1.29 is 0 Å². The molecular weight excluding hydrogens is 321 g/mol. The Morgan fingerprint density at radius 3 is 2.48 bits per heavy atom. The van der Waals surface area contributed by atoms with Gasteiger partial charge in [0.25, 0.3) is 0 Å². The number of thiophene rings is 1. The van der Waals surface area contributed by atoms with Crippen LogP contribution in [0, 0.1) is 13.8 Å².